The Bertz CT molecular complexity index is 112. The third kappa shape index (κ3) is 4.07. The van der Waals surface area contributed by atoms with Crippen molar-refractivity contribution in [1.82, 2.24) is 5.06 Å². The van der Waals surface area contributed by atoms with Gasteiger partial charge in [-0.1, -0.05) is 31.2 Å². The summed E-state index contributed by atoms with van der Waals surface area (Å²) in [5.41, 5.74) is 0.0594. The normalized spacial score (nSPS) is 12.5. The molecule has 0 amide bonds. The van der Waals surface area contributed by atoms with Crippen LogP contribution in [0.4, 0.5) is 0 Å². The summed E-state index contributed by atoms with van der Waals surface area (Å²) in [6.07, 6.45) is 4.94. The fraction of sp³-hybridized carbons (Fsp3) is 1.00. The number of unbranched alkanes of at least 4 members (excludes halogenated alkanes) is 2. The second-order valence-corrected chi connectivity index (χ2v) is 4.01. The highest BCUT2D eigenvalue weighted by Gasteiger charge is 2.26. The van der Waals surface area contributed by atoms with Crippen molar-refractivity contribution in [3.63, 3.8) is 0 Å². The molecule has 0 radical (unpaired) electrons. The van der Waals surface area contributed by atoms with Crippen LogP contribution in [0.25, 0.3) is 0 Å². The molecule has 0 fully saturated rings. The monoisotopic (exact) mass is 174 g/mol. The minimum absolute atomic E-state index is 0.0594. The molecule has 12 heavy (non-hydrogen) atoms. The molecule has 0 aromatic carbocycles. The van der Waals surface area contributed by atoms with Crippen LogP contribution in [0.3, 0.4) is 0 Å². The summed E-state index contributed by atoms with van der Waals surface area (Å²) in [5.74, 6) is 0. The smallest absolute Gasteiger partial charge is 0.0828 e. The zero-order valence-corrected chi connectivity index (χ0v) is 8.98. The van der Waals surface area contributed by atoms with Gasteiger partial charge in [0.2, 0.25) is 0 Å². The highest BCUT2D eigenvalue weighted by atomic mass is 16.5. The number of rotatable bonds is 6. The number of nitrogens with zero attached hydrogens (tertiary/aromatic N) is 1. The summed E-state index contributed by atoms with van der Waals surface area (Å²) in [6, 6.07) is 0. The van der Waals surface area contributed by atoms with Gasteiger partial charge in [-0.2, -0.15) is 0 Å². The molecule has 0 aliphatic rings. The zero-order chi connectivity index (χ0) is 9.61. The highest BCUT2D eigenvalue weighted by Crippen LogP contribution is 2.19. The van der Waals surface area contributed by atoms with Gasteiger partial charge >= 0.3 is 0 Å². The topological polar surface area (TPSA) is 26.1 Å². The van der Waals surface area contributed by atoms with Crippen LogP contribution >= 0.6 is 0 Å². The summed E-state index contributed by atoms with van der Waals surface area (Å²) < 4.78 is 0. The van der Waals surface area contributed by atoms with Gasteiger partial charge in [-0.3, -0.25) is 0 Å². The molecule has 0 saturated carbocycles. The maximum absolute atomic E-state index is 7.69. The molecule has 0 rings (SSSR count). The molecule has 2 N–H and O–H groups in total. The number of hydrogen-bond acceptors (Lipinski definition) is 1. The Morgan fingerprint density at radius 1 is 1.17 bits per heavy atom. The molecule has 0 saturated heterocycles. The van der Waals surface area contributed by atoms with Gasteiger partial charge < -0.3 is 5.21 Å². The van der Waals surface area contributed by atoms with Crippen molar-refractivity contribution in [2.45, 2.75) is 58.9 Å². The standard InChI is InChI=1S/C10H23NO/c1-5-7-8-9-10(3,4)11(12)6-2/h12H,5-9H2,1-4H3/p+1. The van der Waals surface area contributed by atoms with E-state index in [0.717, 1.165) is 13.0 Å². The number of hydrogen-bond donors (Lipinski definition) is 0. The maximum atomic E-state index is 7.69. The SMILES string of the molecule is CCCCCC(C)(C)N([OH2+])CC. The molecule has 0 aromatic rings. The zero-order valence-electron chi connectivity index (χ0n) is 8.98. The van der Waals surface area contributed by atoms with E-state index >= 15 is 0 Å². The van der Waals surface area contributed by atoms with Crippen molar-refractivity contribution >= 4 is 0 Å². The van der Waals surface area contributed by atoms with E-state index < -0.39 is 0 Å². The first-order valence-electron chi connectivity index (χ1n) is 5.03. The first-order valence-corrected chi connectivity index (χ1v) is 5.03. The lowest BCUT2D eigenvalue weighted by Gasteiger charge is -2.28. The van der Waals surface area contributed by atoms with E-state index in [1.807, 2.05) is 6.92 Å². The molecular weight excluding hydrogens is 150 g/mol. The van der Waals surface area contributed by atoms with Gasteiger partial charge in [0.05, 0.1) is 12.1 Å². The first kappa shape index (κ1) is 11.9. The van der Waals surface area contributed by atoms with Crippen LogP contribution in [0.1, 0.15) is 53.4 Å². The van der Waals surface area contributed by atoms with Crippen LogP contribution < -0.4 is 0 Å². The third-order valence-corrected chi connectivity index (χ3v) is 2.44. The molecule has 0 bridgehead atoms. The summed E-state index contributed by atoms with van der Waals surface area (Å²) in [5, 5.41) is 9.38. The van der Waals surface area contributed by atoms with Crippen molar-refractivity contribution in [2.24, 2.45) is 0 Å². The molecule has 0 aliphatic carbocycles. The Hall–Kier alpha value is -0.0800. The summed E-state index contributed by atoms with van der Waals surface area (Å²) in [4.78, 5) is 0. The molecule has 0 aliphatic heterocycles. The summed E-state index contributed by atoms with van der Waals surface area (Å²) in [6.45, 7) is 9.37. The quantitative estimate of drug-likeness (QED) is 0.345. The Balaban J connectivity index is 3.70. The van der Waals surface area contributed by atoms with Crippen molar-refractivity contribution in [3.05, 3.63) is 0 Å². The van der Waals surface area contributed by atoms with Crippen LogP contribution in [0.2, 0.25) is 0 Å². The van der Waals surface area contributed by atoms with Crippen molar-refractivity contribution in [3.8, 4) is 0 Å². The van der Waals surface area contributed by atoms with E-state index in [1.165, 1.54) is 19.3 Å². The Morgan fingerprint density at radius 3 is 2.17 bits per heavy atom. The minimum Gasteiger partial charge on any atom is -0.338 e. The van der Waals surface area contributed by atoms with E-state index in [2.05, 4.69) is 20.8 Å². The number of hydroxylamine groups is 2. The van der Waals surface area contributed by atoms with Crippen molar-refractivity contribution in [1.29, 1.82) is 0 Å². The van der Waals surface area contributed by atoms with Gasteiger partial charge in [0.25, 0.3) is 0 Å². The average molecular weight is 174 g/mol. The molecule has 0 atom stereocenters. The Morgan fingerprint density at radius 2 is 1.75 bits per heavy atom. The van der Waals surface area contributed by atoms with Gasteiger partial charge in [-0.25, -0.2) is 0 Å². The van der Waals surface area contributed by atoms with Crippen molar-refractivity contribution in [2.75, 3.05) is 6.54 Å². The van der Waals surface area contributed by atoms with E-state index in [-0.39, 0.29) is 5.54 Å². The second kappa shape index (κ2) is 5.55. The summed E-state index contributed by atoms with van der Waals surface area (Å²) in [7, 11) is 0. The molecule has 0 aromatic heterocycles. The van der Waals surface area contributed by atoms with Crippen LogP contribution in [-0.2, 0) is 0 Å². The van der Waals surface area contributed by atoms with Crippen LogP contribution in [-0.4, -0.2) is 22.4 Å². The molecule has 0 spiro atoms. The second-order valence-electron chi connectivity index (χ2n) is 4.01. The minimum atomic E-state index is 0.0594. The van der Waals surface area contributed by atoms with Crippen LogP contribution in [0.15, 0.2) is 0 Å². The maximum Gasteiger partial charge on any atom is 0.0828 e. The van der Waals surface area contributed by atoms with E-state index in [4.69, 9.17) is 5.21 Å². The van der Waals surface area contributed by atoms with Crippen LogP contribution in [0.5, 0.6) is 0 Å². The Labute approximate surface area is 76.5 Å². The molecule has 0 heterocycles. The van der Waals surface area contributed by atoms with Gasteiger partial charge in [-0.05, 0) is 27.2 Å². The molecule has 2 heteroatoms. The third-order valence-electron chi connectivity index (χ3n) is 2.44. The summed E-state index contributed by atoms with van der Waals surface area (Å²) >= 11 is 0. The van der Waals surface area contributed by atoms with E-state index in [1.54, 1.807) is 5.06 Å². The predicted molar refractivity (Wildman–Crippen MR) is 54.2 cm³/mol. The first-order chi connectivity index (χ1) is 5.54. The molecule has 0 unspecified atom stereocenters. The predicted octanol–water partition coefficient (Wildman–Crippen LogP) is 2.31. The van der Waals surface area contributed by atoms with Gasteiger partial charge in [0, 0.05) is 0 Å². The Kier molecular flexibility index (Phi) is 5.51. The van der Waals surface area contributed by atoms with Gasteiger partial charge in [-0.15, -0.1) is 0 Å². The highest BCUT2D eigenvalue weighted by molar-refractivity contribution is 4.75. The lowest BCUT2D eigenvalue weighted by Crippen LogP contribution is -2.41. The fourth-order valence-electron chi connectivity index (χ4n) is 1.37. The van der Waals surface area contributed by atoms with Gasteiger partial charge in [0.15, 0.2) is 0 Å². The van der Waals surface area contributed by atoms with E-state index in [9.17, 15) is 0 Å². The molecular formula is C10H24NO+. The van der Waals surface area contributed by atoms with Crippen LogP contribution in [0, 0.1) is 0 Å². The lowest BCUT2D eigenvalue weighted by atomic mass is 9.96. The fourth-order valence-corrected chi connectivity index (χ4v) is 1.37. The molecule has 2 nitrogen and oxygen atoms in total. The lowest BCUT2D eigenvalue weighted by molar-refractivity contribution is -0.161. The molecule has 74 valence electrons. The van der Waals surface area contributed by atoms with Crippen molar-refractivity contribution < 1.29 is 5.21 Å². The van der Waals surface area contributed by atoms with E-state index in [0.29, 0.717) is 0 Å². The average Bonchev–Trinajstić information content (AvgIpc) is 2.03. The largest absolute Gasteiger partial charge is 0.338 e. The van der Waals surface area contributed by atoms with Gasteiger partial charge in [0.1, 0.15) is 0 Å².